The number of anilines is 1. The normalized spacial score (nSPS) is 18.3. The molecular formula is C15H23BrN4O2. The lowest BCUT2D eigenvalue weighted by molar-refractivity contribution is -0.121. The molecule has 122 valence electrons. The van der Waals surface area contributed by atoms with Gasteiger partial charge in [0.05, 0.1) is 11.9 Å². The third-order valence-electron chi connectivity index (χ3n) is 3.98. The van der Waals surface area contributed by atoms with Gasteiger partial charge in [0.2, 0.25) is 5.91 Å². The van der Waals surface area contributed by atoms with Crippen molar-refractivity contribution in [1.82, 2.24) is 15.1 Å². The molecule has 0 aromatic carbocycles. The van der Waals surface area contributed by atoms with Crippen LogP contribution in [0.1, 0.15) is 32.6 Å². The lowest BCUT2D eigenvalue weighted by Crippen LogP contribution is -2.41. The van der Waals surface area contributed by atoms with Gasteiger partial charge >= 0.3 is 0 Å². The molecule has 1 aromatic rings. The maximum absolute atomic E-state index is 12.0. The van der Waals surface area contributed by atoms with E-state index in [4.69, 9.17) is 0 Å². The Labute approximate surface area is 139 Å². The number of carbonyl (C=O) groups excluding carboxylic acids is 1. The van der Waals surface area contributed by atoms with Gasteiger partial charge in [0.15, 0.2) is 0 Å². The molecular weight excluding hydrogens is 348 g/mol. The molecule has 1 fully saturated rings. The average molecular weight is 371 g/mol. The van der Waals surface area contributed by atoms with E-state index >= 15 is 0 Å². The van der Waals surface area contributed by atoms with Crippen LogP contribution in [0, 0.1) is 5.92 Å². The van der Waals surface area contributed by atoms with Crippen molar-refractivity contribution >= 4 is 27.5 Å². The second kappa shape index (κ2) is 7.76. The minimum absolute atomic E-state index is 0.121. The summed E-state index contributed by atoms with van der Waals surface area (Å²) in [5.41, 5.74) is 0.712. The predicted molar refractivity (Wildman–Crippen MR) is 90.0 cm³/mol. The zero-order valence-corrected chi connectivity index (χ0v) is 14.7. The fraction of sp³-hybridized carbons (Fsp3) is 0.667. The van der Waals surface area contributed by atoms with Crippen molar-refractivity contribution < 1.29 is 4.79 Å². The van der Waals surface area contributed by atoms with Gasteiger partial charge in [-0.05, 0) is 41.1 Å². The van der Waals surface area contributed by atoms with Crippen LogP contribution in [0.15, 0.2) is 15.5 Å². The Morgan fingerprint density at radius 3 is 3.05 bits per heavy atom. The third-order valence-corrected chi connectivity index (χ3v) is 4.73. The van der Waals surface area contributed by atoms with Gasteiger partial charge in [-0.1, -0.05) is 6.92 Å². The highest BCUT2D eigenvalue weighted by molar-refractivity contribution is 9.10. The Balaban J connectivity index is 2.00. The van der Waals surface area contributed by atoms with E-state index in [1.807, 2.05) is 6.92 Å². The minimum atomic E-state index is -0.129. The Morgan fingerprint density at radius 2 is 2.32 bits per heavy atom. The van der Waals surface area contributed by atoms with Gasteiger partial charge in [0.1, 0.15) is 4.47 Å². The molecule has 6 nitrogen and oxygen atoms in total. The molecule has 0 spiro atoms. The monoisotopic (exact) mass is 370 g/mol. The van der Waals surface area contributed by atoms with Crippen LogP contribution in [0.5, 0.6) is 0 Å². The molecule has 0 aliphatic carbocycles. The maximum atomic E-state index is 12.0. The third kappa shape index (κ3) is 4.09. The molecule has 1 unspecified atom stereocenters. The molecule has 0 radical (unpaired) electrons. The van der Waals surface area contributed by atoms with Crippen molar-refractivity contribution in [2.24, 2.45) is 13.0 Å². The van der Waals surface area contributed by atoms with Crippen molar-refractivity contribution in [1.29, 1.82) is 0 Å². The van der Waals surface area contributed by atoms with E-state index in [1.165, 1.54) is 4.68 Å². The van der Waals surface area contributed by atoms with E-state index in [2.05, 4.69) is 31.2 Å². The number of aromatic nitrogens is 2. The van der Waals surface area contributed by atoms with Gasteiger partial charge in [-0.3, -0.25) is 9.59 Å². The Hall–Kier alpha value is -1.37. The summed E-state index contributed by atoms with van der Waals surface area (Å²) in [4.78, 5) is 25.7. The Morgan fingerprint density at radius 1 is 1.55 bits per heavy atom. The fourth-order valence-electron chi connectivity index (χ4n) is 2.75. The number of carbonyl (C=O) groups is 1. The smallest absolute Gasteiger partial charge is 0.282 e. The molecule has 1 amide bonds. The number of rotatable bonds is 5. The molecule has 1 aromatic heterocycles. The predicted octanol–water partition coefficient (Wildman–Crippen LogP) is 1.68. The van der Waals surface area contributed by atoms with Crippen LogP contribution in [-0.2, 0) is 11.8 Å². The van der Waals surface area contributed by atoms with Crippen molar-refractivity contribution in [3.8, 4) is 0 Å². The first-order valence-electron chi connectivity index (χ1n) is 7.76. The molecule has 1 atom stereocenters. The van der Waals surface area contributed by atoms with Gasteiger partial charge in [-0.25, -0.2) is 4.68 Å². The molecule has 0 bridgehead atoms. The highest BCUT2D eigenvalue weighted by atomic mass is 79.9. The van der Waals surface area contributed by atoms with Crippen LogP contribution in [0.2, 0.25) is 0 Å². The maximum Gasteiger partial charge on any atom is 0.282 e. The van der Waals surface area contributed by atoms with Crippen LogP contribution in [0.3, 0.4) is 0 Å². The summed E-state index contributed by atoms with van der Waals surface area (Å²) >= 11 is 3.38. The van der Waals surface area contributed by atoms with E-state index in [-0.39, 0.29) is 11.5 Å². The highest BCUT2D eigenvalue weighted by Crippen LogP contribution is 2.26. The molecule has 1 aliphatic heterocycles. The second-order valence-corrected chi connectivity index (χ2v) is 6.57. The first kappa shape index (κ1) is 17.0. The van der Waals surface area contributed by atoms with Crippen molar-refractivity contribution in [2.45, 2.75) is 32.6 Å². The van der Waals surface area contributed by atoms with Crippen molar-refractivity contribution in [3.63, 3.8) is 0 Å². The lowest BCUT2D eigenvalue weighted by atomic mass is 9.97. The zero-order chi connectivity index (χ0) is 16.1. The topological polar surface area (TPSA) is 67.2 Å². The first-order valence-corrected chi connectivity index (χ1v) is 8.55. The fourth-order valence-corrected chi connectivity index (χ4v) is 3.36. The van der Waals surface area contributed by atoms with Crippen LogP contribution < -0.4 is 15.8 Å². The quantitative estimate of drug-likeness (QED) is 0.855. The number of hydrogen-bond acceptors (Lipinski definition) is 4. The summed E-state index contributed by atoms with van der Waals surface area (Å²) in [6.07, 6.45) is 5.33. The van der Waals surface area contributed by atoms with Gasteiger partial charge in [-0.15, -0.1) is 0 Å². The SMILES string of the molecule is CCCC(=O)NCC1CCCN(c2cnn(C)c(=O)c2Br)C1. The summed E-state index contributed by atoms with van der Waals surface area (Å²) < 4.78 is 1.88. The van der Waals surface area contributed by atoms with E-state index in [0.717, 1.165) is 38.0 Å². The van der Waals surface area contributed by atoms with E-state index in [1.54, 1.807) is 13.2 Å². The van der Waals surface area contributed by atoms with E-state index < -0.39 is 0 Å². The highest BCUT2D eigenvalue weighted by Gasteiger charge is 2.23. The number of nitrogens with zero attached hydrogens (tertiary/aromatic N) is 3. The zero-order valence-electron chi connectivity index (χ0n) is 13.1. The van der Waals surface area contributed by atoms with Gasteiger partial charge < -0.3 is 10.2 Å². The van der Waals surface area contributed by atoms with Crippen LogP contribution in [-0.4, -0.2) is 35.3 Å². The first-order chi connectivity index (χ1) is 10.5. The summed E-state index contributed by atoms with van der Waals surface area (Å²) in [5, 5.41) is 7.10. The molecule has 1 N–H and O–H groups in total. The largest absolute Gasteiger partial charge is 0.369 e. The number of nitrogens with one attached hydrogen (secondary N) is 1. The molecule has 7 heteroatoms. The Kier molecular flexibility index (Phi) is 5.99. The molecule has 2 rings (SSSR count). The number of hydrogen-bond donors (Lipinski definition) is 1. The van der Waals surface area contributed by atoms with E-state index in [0.29, 0.717) is 23.4 Å². The summed E-state index contributed by atoms with van der Waals surface area (Å²) in [5.74, 6) is 0.529. The summed E-state index contributed by atoms with van der Waals surface area (Å²) in [6.45, 7) is 4.44. The molecule has 0 saturated carbocycles. The lowest BCUT2D eigenvalue weighted by Gasteiger charge is -2.34. The van der Waals surface area contributed by atoms with Crippen LogP contribution in [0.25, 0.3) is 0 Å². The molecule has 2 heterocycles. The molecule has 1 saturated heterocycles. The number of piperidine rings is 1. The van der Waals surface area contributed by atoms with Gasteiger partial charge in [-0.2, -0.15) is 5.10 Å². The van der Waals surface area contributed by atoms with Gasteiger partial charge in [0, 0.05) is 33.1 Å². The van der Waals surface area contributed by atoms with E-state index in [9.17, 15) is 9.59 Å². The van der Waals surface area contributed by atoms with Crippen molar-refractivity contribution in [2.75, 3.05) is 24.5 Å². The van der Waals surface area contributed by atoms with Gasteiger partial charge in [0.25, 0.3) is 5.56 Å². The summed E-state index contributed by atoms with van der Waals surface area (Å²) in [6, 6.07) is 0. The number of aryl methyl sites for hydroxylation is 1. The average Bonchev–Trinajstić information content (AvgIpc) is 2.51. The van der Waals surface area contributed by atoms with Crippen molar-refractivity contribution in [3.05, 3.63) is 21.0 Å². The molecule has 22 heavy (non-hydrogen) atoms. The van der Waals surface area contributed by atoms with Crippen LogP contribution >= 0.6 is 15.9 Å². The number of amides is 1. The number of halogens is 1. The minimum Gasteiger partial charge on any atom is -0.369 e. The summed E-state index contributed by atoms with van der Waals surface area (Å²) in [7, 11) is 1.64. The Bertz CT molecular complexity index is 587. The standard InChI is InChI=1S/C15H23BrN4O2/c1-3-5-13(21)17-8-11-6-4-7-20(10-11)12-9-18-19(2)15(22)14(12)16/h9,11H,3-8,10H2,1-2H3,(H,17,21). The second-order valence-electron chi connectivity index (χ2n) is 5.78. The van der Waals surface area contributed by atoms with Crippen LogP contribution in [0.4, 0.5) is 5.69 Å². The molecule has 1 aliphatic rings.